The first-order valence-corrected chi connectivity index (χ1v) is 6.32. The highest BCUT2D eigenvalue weighted by atomic mass is 35.5. The van der Waals surface area contributed by atoms with Crippen LogP contribution < -0.4 is 16.3 Å². The van der Waals surface area contributed by atoms with E-state index in [2.05, 4.69) is 4.98 Å². The summed E-state index contributed by atoms with van der Waals surface area (Å²) >= 11 is 5.86. The first-order chi connectivity index (χ1) is 8.15. The van der Waals surface area contributed by atoms with E-state index in [1.807, 2.05) is 6.92 Å². The number of aromatic nitrogens is 2. The summed E-state index contributed by atoms with van der Waals surface area (Å²) in [5, 5.41) is 1.97. The predicted octanol–water partition coefficient (Wildman–Crippen LogP) is 0.874. The molecule has 94 valence electrons. The van der Waals surface area contributed by atoms with Crippen molar-refractivity contribution in [1.29, 1.82) is 0 Å². The Kier molecular flexibility index (Phi) is 3.57. The van der Waals surface area contributed by atoms with Crippen LogP contribution in [-0.2, 0) is 6.42 Å². The molecule has 0 radical (unpaired) electrons. The van der Waals surface area contributed by atoms with Gasteiger partial charge in [-0.3, -0.25) is 9.78 Å². The maximum Gasteiger partial charge on any atom is 0.348 e. The van der Waals surface area contributed by atoms with Gasteiger partial charge < -0.3 is 5.01 Å². The molecule has 2 heterocycles. The van der Waals surface area contributed by atoms with Crippen molar-refractivity contribution in [3.63, 3.8) is 0 Å². The first kappa shape index (κ1) is 12.2. The van der Waals surface area contributed by atoms with Gasteiger partial charge in [-0.2, -0.15) is 4.68 Å². The molecular weight excluding hydrogens is 242 g/mol. The van der Waals surface area contributed by atoms with Crippen molar-refractivity contribution in [3.05, 3.63) is 31.6 Å². The normalized spacial score (nSPS) is 16.2. The summed E-state index contributed by atoms with van der Waals surface area (Å²) in [6.07, 6.45) is 3.69. The third-order valence-corrected chi connectivity index (χ3v) is 3.42. The molecule has 0 saturated carbocycles. The van der Waals surface area contributed by atoms with E-state index in [0.717, 1.165) is 32.4 Å². The average Bonchev–Trinajstić information content (AvgIpc) is 2.30. The highest BCUT2D eigenvalue weighted by Gasteiger charge is 2.18. The van der Waals surface area contributed by atoms with E-state index in [1.165, 1.54) is 4.68 Å². The summed E-state index contributed by atoms with van der Waals surface area (Å²) in [6, 6.07) is 0. The van der Waals surface area contributed by atoms with Gasteiger partial charge in [0.05, 0.1) is 5.56 Å². The fourth-order valence-corrected chi connectivity index (χ4v) is 2.47. The third-order valence-electron chi connectivity index (χ3n) is 3.09. The molecule has 1 fully saturated rings. The summed E-state index contributed by atoms with van der Waals surface area (Å²) in [7, 11) is 0. The molecule has 1 aliphatic rings. The molecule has 0 amide bonds. The second-order valence-electron chi connectivity index (χ2n) is 4.21. The Labute approximate surface area is 104 Å². The zero-order chi connectivity index (χ0) is 12.4. The average molecular weight is 258 g/mol. The van der Waals surface area contributed by atoms with Crippen LogP contribution in [-0.4, -0.2) is 22.7 Å². The Bertz CT molecular complexity index is 514. The molecule has 0 aliphatic carbocycles. The molecule has 2 rings (SSSR count). The van der Waals surface area contributed by atoms with Crippen LogP contribution in [0.2, 0.25) is 5.15 Å². The van der Waals surface area contributed by atoms with Gasteiger partial charge in [0.2, 0.25) is 0 Å². The maximum absolute atomic E-state index is 12.2. The number of rotatable bonds is 2. The molecule has 0 spiro atoms. The van der Waals surface area contributed by atoms with Crippen molar-refractivity contribution in [2.45, 2.75) is 32.6 Å². The number of nitrogens with one attached hydrogen (secondary N) is 1. The standard InChI is InChI=1S/C11H16ClN3O2/c1-2-8-9(12)13-11(17)15(10(8)16)14-6-4-3-5-7-14/h2-7H2,1H3,(H,13,17). The molecule has 1 aromatic rings. The second-order valence-corrected chi connectivity index (χ2v) is 4.59. The number of hydrogen-bond acceptors (Lipinski definition) is 3. The van der Waals surface area contributed by atoms with Crippen LogP contribution in [0.4, 0.5) is 0 Å². The highest BCUT2D eigenvalue weighted by Crippen LogP contribution is 2.08. The lowest BCUT2D eigenvalue weighted by Gasteiger charge is -2.29. The molecule has 17 heavy (non-hydrogen) atoms. The summed E-state index contributed by atoms with van der Waals surface area (Å²) < 4.78 is 1.20. The van der Waals surface area contributed by atoms with Crippen molar-refractivity contribution in [2.24, 2.45) is 0 Å². The molecule has 5 nitrogen and oxygen atoms in total. The topological polar surface area (TPSA) is 58.1 Å². The number of piperidine rings is 1. The minimum absolute atomic E-state index is 0.163. The maximum atomic E-state index is 12.2. The van der Waals surface area contributed by atoms with Crippen LogP contribution in [0.1, 0.15) is 31.7 Å². The molecule has 0 unspecified atom stereocenters. The van der Waals surface area contributed by atoms with Crippen LogP contribution in [0.3, 0.4) is 0 Å². The lowest BCUT2D eigenvalue weighted by Crippen LogP contribution is -2.53. The van der Waals surface area contributed by atoms with Crippen LogP contribution in [0.15, 0.2) is 9.59 Å². The van der Waals surface area contributed by atoms with E-state index >= 15 is 0 Å². The van der Waals surface area contributed by atoms with Gasteiger partial charge in [0.25, 0.3) is 5.56 Å². The zero-order valence-electron chi connectivity index (χ0n) is 9.83. The van der Waals surface area contributed by atoms with Gasteiger partial charge in [-0.05, 0) is 25.7 Å². The van der Waals surface area contributed by atoms with Crippen molar-refractivity contribution >= 4 is 11.6 Å². The minimum Gasteiger partial charge on any atom is -0.306 e. The van der Waals surface area contributed by atoms with Crippen molar-refractivity contribution in [1.82, 2.24) is 9.66 Å². The van der Waals surface area contributed by atoms with Gasteiger partial charge in [0.1, 0.15) is 5.15 Å². The molecule has 1 aliphatic heterocycles. The summed E-state index contributed by atoms with van der Waals surface area (Å²) in [6.45, 7) is 3.34. The molecule has 1 N–H and O–H groups in total. The zero-order valence-corrected chi connectivity index (χ0v) is 10.6. The van der Waals surface area contributed by atoms with Crippen LogP contribution in [0.5, 0.6) is 0 Å². The van der Waals surface area contributed by atoms with Gasteiger partial charge >= 0.3 is 5.69 Å². The van der Waals surface area contributed by atoms with Gasteiger partial charge in [0, 0.05) is 13.1 Å². The molecule has 1 saturated heterocycles. The largest absolute Gasteiger partial charge is 0.348 e. The van der Waals surface area contributed by atoms with Gasteiger partial charge in [-0.15, -0.1) is 0 Å². The minimum atomic E-state index is -0.445. The Morgan fingerprint density at radius 1 is 1.24 bits per heavy atom. The van der Waals surface area contributed by atoms with Crippen LogP contribution in [0, 0.1) is 0 Å². The third kappa shape index (κ3) is 2.24. The van der Waals surface area contributed by atoms with Gasteiger partial charge in [0.15, 0.2) is 0 Å². The number of nitrogens with zero attached hydrogens (tertiary/aromatic N) is 2. The SMILES string of the molecule is CCc1c(Cl)[nH]c(=O)n(N2CCCCC2)c1=O. The molecule has 6 heteroatoms. The molecule has 1 aromatic heterocycles. The monoisotopic (exact) mass is 257 g/mol. The number of H-pyrrole nitrogens is 1. The smallest absolute Gasteiger partial charge is 0.306 e. The lowest BCUT2D eigenvalue weighted by atomic mass is 10.2. The predicted molar refractivity (Wildman–Crippen MR) is 67.5 cm³/mol. The summed E-state index contributed by atoms with van der Waals surface area (Å²) in [4.78, 5) is 26.5. The second kappa shape index (κ2) is 4.96. The van der Waals surface area contributed by atoms with E-state index in [1.54, 1.807) is 5.01 Å². The quantitative estimate of drug-likeness (QED) is 0.800. The van der Waals surface area contributed by atoms with Gasteiger partial charge in [-0.25, -0.2) is 4.79 Å². The Balaban J connectivity index is 2.53. The van der Waals surface area contributed by atoms with Crippen molar-refractivity contribution < 1.29 is 0 Å². The Morgan fingerprint density at radius 2 is 1.88 bits per heavy atom. The molecular formula is C11H16ClN3O2. The van der Waals surface area contributed by atoms with Crippen molar-refractivity contribution in [2.75, 3.05) is 18.1 Å². The van der Waals surface area contributed by atoms with E-state index in [9.17, 15) is 9.59 Å². The Hall–Kier alpha value is -1.23. The fraction of sp³-hybridized carbons (Fsp3) is 0.636. The number of aromatic amines is 1. The highest BCUT2D eigenvalue weighted by molar-refractivity contribution is 6.30. The lowest BCUT2D eigenvalue weighted by molar-refractivity contribution is 0.454. The van der Waals surface area contributed by atoms with E-state index < -0.39 is 5.69 Å². The first-order valence-electron chi connectivity index (χ1n) is 5.94. The van der Waals surface area contributed by atoms with Crippen LogP contribution in [0.25, 0.3) is 0 Å². The summed E-state index contributed by atoms with van der Waals surface area (Å²) in [5.74, 6) is 0. The molecule has 0 aromatic carbocycles. The number of hydrogen-bond donors (Lipinski definition) is 1. The fourth-order valence-electron chi connectivity index (χ4n) is 2.18. The van der Waals surface area contributed by atoms with E-state index in [0.29, 0.717) is 12.0 Å². The summed E-state index contributed by atoms with van der Waals surface area (Å²) in [5.41, 5.74) is -0.265. The Morgan fingerprint density at radius 3 is 2.47 bits per heavy atom. The van der Waals surface area contributed by atoms with Gasteiger partial charge in [-0.1, -0.05) is 18.5 Å². The number of halogens is 1. The molecule has 0 bridgehead atoms. The van der Waals surface area contributed by atoms with E-state index in [4.69, 9.17) is 11.6 Å². The van der Waals surface area contributed by atoms with Crippen molar-refractivity contribution in [3.8, 4) is 0 Å². The van der Waals surface area contributed by atoms with Crippen LogP contribution >= 0.6 is 11.6 Å². The van der Waals surface area contributed by atoms with E-state index in [-0.39, 0.29) is 10.7 Å². The molecule has 0 atom stereocenters.